The molecule has 0 radical (unpaired) electrons. The summed E-state index contributed by atoms with van der Waals surface area (Å²) in [7, 11) is 0. The van der Waals surface area contributed by atoms with Crippen molar-refractivity contribution < 1.29 is 9.84 Å². The fraction of sp³-hybridized carbons (Fsp3) is 0.364. The van der Waals surface area contributed by atoms with Crippen molar-refractivity contribution in [1.82, 2.24) is 0 Å². The van der Waals surface area contributed by atoms with E-state index in [-0.39, 0.29) is 13.0 Å². The maximum atomic E-state index is 9.30. The summed E-state index contributed by atoms with van der Waals surface area (Å²) < 4.78 is 5.35. The molecule has 0 aliphatic heterocycles. The third kappa shape index (κ3) is 3.90. The molecule has 0 spiro atoms. The first-order valence-corrected chi connectivity index (χ1v) is 5.52. The summed E-state index contributed by atoms with van der Waals surface area (Å²) in [5.41, 5.74) is 0. The summed E-state index contributed by atoms with van der Waals surface area (Å²) in [4.78, 5) is 0. The Balaban J connectivity index is 2.46. The van der Waals surface area contributed by atoms with Crippen LogP contribution in [0.3, 0.4) is 0 Å². The van der Waals surface area contributed by atoms with E-state index in [2.05, 4.69) is 0 Å². The highest BCUT2D eigenvalue weighted by molar-refractivity contribution is 6.37. The highest BCUT2D eigenvalue weighted by Crippen LogP contribution is 2.32. The van der Waals surface area contributed by atoms with Crippen LogP contribution in [0, 0.1) is 11.3 Å². The second kappa shape index (κ2) is 6.59. The van der Waals surface area contributed by atoms with Crippen LogP contribution in [0.25, 0.3) is 0 Å². The first kappa shape index (κ1) is 13.1. The average Bonchev–Trinajstić information content (AvgIpc) is 2.23. The molecule has 0 fully saturated rings. The molecule has 0 aliphatic carbocycles. The van der Waals surface area contributed by atoms with E-state index in [0.29, 0.717) is 22.2 Å². The molecule has 0 heterocycles. The van der Waals surface area contributed by atoms with Gasteiger partial charge in [-0.15, -0.1) is 0 Å². The first-order valence-electron chi connectivity index (χ1n) is 4.77. The van der Waals surface area contributed by atoms with Gasteiger partial charge in [0.25, 0.3) is 0 Å². The molecule has 1 aromatic rings. The molecule has 16 heavy (non-hydrogen) atoms. The number of aliphatic hydroxyl groups is 1. The lowest BCUT2D eigenvalue weighted by molar-refractivity contribution is 0.143. The molecule has 1 atom stereocenters. The number of rotatable bonds is 5. The van der Waals surface area contributed by atoms with E-state index in [1.807, 2.05) is 6.07 Å². The van der Waals surface area contributed by atoms with Crippen LogP contribution >= 0.6 is 23.2 Å². The molecule has 0 bridgehead atoms. The van der Waals surface area contributed by atoms with E-state index in [1.54, 1.807) is 18.2 Å². The predicted octanol–water partition coefficient (Wildman–Crippen LogP) is 3.04. The van der Waals surface area contributed by atoms with Crippen LogP contribution in [0.5, 0.6) is 5.75 Å². The van der Waals surface area contributed by atoms with Crippen molar-refractivity contribution in [3.05, 3.63) is 28.2 Å². The van der Waals surface area contributed by atoms with E-state index >= 15 is 0 Å². The molecule has 1 aromatic carbocycles. The topological polar surface area (TPSA) is 53.2 Å². The van der Waals surface area contributed by atoms with Gasteiger partial charge in [0.1, 0.15) is 0 Å². The third-order valence-corrected chi connectivity index (χ3v) is 2.54. The van der Waals surface area contributed by atoms with Crippen molar-refractivity contribution >= 4 is 23.2 Å². The Hall–Kier alpha value is -0.950. The quantitative estimate of drug-likeness (QED) is 0.885. The van der Waals surface area contributed by atoms with Gasteiger partial charge in [0.15, 0.2) is 5.75 Å². The minimum absolute atomic E-state index is 0.0968. The summed E-state index contributed by atoms with van der Waals surface area (Å²) in [6, 6.07) is 6.96. The Bertz CT molecular complexity index is 370. The van der Waals surface area contributed by atoms with E-state index in [4.69, 9.17) is 33.2 Å². The van der Waals surface area contributed by atoms with Crippen molar-refractivity contribution in [3.63, 3.8) is 0 Å². The number of aliphatic hydroxyl groups excluding tert-OH is 1. The van der Waals surface area contributed by atoms with Crippen molar-refractivity contribution in [2.45, 2.75) is 18.9 Å². The second-order valence-corrected chi connectivity index (χ2v) is 4.02. The molecule has 0 saturated heterocycles. The van der Waals surface area contributed by atoms with Crippen molar-refractivity contribution in [2.24, 2.45) is 0 Å². The molecule has 1 N–H and O–H groups in total. The molecule has 1 unspecified atom stereocenters. The fourth-order valence-electron chi connectivity index (χ4n) is 1.12. The predicted molar refractivity (Wildman–Crippen MR) is 62.8 cm³/mol. The van der Waals surface area contributed by atoms with Crippen LogP contribution in [-0.4, -0.2) is 17.8 Å². The number of para-hydroxylation sites is 1. The fourth-order valence-corrected chi connectivity index (χ4v) is 1.63. The molecule has 0 amide bonds. The number of halogens is 2. The number of hydrogen-bond donors (Lipinski definition) is 1. The summed E-state index contributed by atoms with van der Waals surface area (Å²) in [5, 5.41) is 18.5. The number of benzene rings is 1. The van der Waals surface area contributed by atoms with Gasteiger partial charge in [-0.25, -0.2) is 0 Å². The van der Waals surface area contributed by atoms with Gasteiger partial charge in [0.05, 0.1) is 35.2 Å². The van der Waals surface area contributed by atoms with Gasteiger partial charge in [-0.2, -0.15) is 5.26 Å². The van der Waals surface area contributed by atoms with Gasteiger partial charge in [-0.1, -0.05) is 29.3 Å². The molecule has 0 aromatic heterocycles. The molecule has 86 valence electrons. The van der Waals surface area contributed by atoms with Gasteiger partial charge >= 0.3 is 0 Å². The van der Waals surface area contributed by atoms with E-state index in [0.717, 1.165) is 0 Å². The van der Waals surface area contributed by atoms with Crippen molar-refractivity contribution in [2.75, 3.05) is 6.61 Å². The van der Waals surface area contributed by atoms with Crippen LogP contribution in [0.4, 0.5) is 0 Å². The van der Waals surface area contributed by atoms with Crippen molar-refractivity contribution in [3.8, 4) is 11.8 Å². The molecular formula is C11H11Cl2NO2. The summed E-state index contributed by atoms with van der Waals surface area (Å²) >= 11 is 11.8. The van der Waals surface area contributed by atoms with E-state index < -0.39 is 6.10 Å². The largest absolute Gasteiger partial charge is 0.490 e. The molecule has 3 nitrogen and oxygen atoms in total. The molecule has 1 rings (SSSR count). The van der Waals surface area contributed by atoms with Crippen LogP contribution in [-0.2, 0) is 0 Å². The minimum atomic E-state index is -0.675. The summed E-state index contributed by atoms with van der Waals surface area (Å²) in [6.45, 7) is 0.270. The Morgan fingerprint density at radius 3 is 2.56 bits per heavy atom. The molecule has 0 aliphatic rings. The van der Waals surface area contributed by atoms with Gasteiger partial charge in [0, 0.05) is 6.42 Å². The van der Waals surface area contributed by atoms with Crippen LogP contribution in [0.1, 0.15) is 12.8 Å². The van der Waals surface area contributed by atoms with Crippen LogP contribution in [0.2, 0.25) is 10.0 Å². The highest BCUT2D eigenvalue weighted by atomic mass is 35.5. The number of ether oxygens (including phenoxy) is 1. The Labute approximate surface area is 104 Å². The third-order valence-electron chi connectivity index (χ3n) is 1.94. The SMILES string of the molecule is N#CCC(O)CCOc1c(Cl)cccc1Cl. The first-order chi connectivity index (χ1) is 7.65. The van der Waals surface area contributed by atoms with E-state index in [1.165, 1.54) is 0 Å². The summed E-state index contributed by atoms with van der Waals surface area (Å²) in [6.07, 6.45) is -0.208. The maximum Gasteiger partial charge on any atom is 0.156 e. The summed E-state index contributed by atoms with van der Waals surface area (Å²) in [5.74, 6) is 0.412. The monoisotopic (exact) mass is 259 g/mol. The van der Waals surface area contributed by atoms with Crippen molar-refractivity contribution in [1.29, 1.82) is 5.26 Å². The number of nitriles is 1. The van der Waals surface area contributed by atoms with Gasteiger partial charge in [-0.3, -0.25) is 0 Å². The minimum Gasteiger partial charge on any atom is -0.490 e. The lowest BCUT2D eigenvalue weighted by Crippen LogP contribution is -2.11. The lowest BCUT2D eigenvalue weighted by atomic mass is 10.2. The molecular weight excluding hydrogens is 249 g/mol. The molecule has 5 heteroatoms. The number of nitrogens with zero attached hydrogens (tertiary/aromatic N) is 1. The van der Waals surface area contributed by atoms with Gasteiger partial charge < -0.3 is 9.84 Å². The normalized spacial score (nSPS) is 11.9. The maximum absolute atomic E-state index is 9.30. The smallest absolute Gasteiger partial charge is 0.156 e. The Kier molecular flexibility index (Phi) is 5.41. The zero-order valence-corrected chi connectivity index (χ0v) is 10.0. The molecule has 0 saturated carbocycles. The zero-order chi connectivity index (χ0) is 12.0. The van der Waals surface area contributed by atoms with E-state index in [9.17, 15) is 5.11 Å². The average molecular weight is 260 g/mol. The van der Waals surface area contributed by atoms with Gasteiger partial charge in [0.2, 0.25) is 0 Å². The lowest BCUT2D eigenvalue weighted by Gasteiger charge is -2.11. The Morgan fingerprint density at radius 1 is 1.38 bits per heavy atom. The van der Waals surface area contributed by atoms with Crippen LogP contribution in [0.15, 0.2) is 18.2 Å². The Morgan fingerprint density at radius 2 is 2.00 bits per heavy atom. The number of hydrogen-bond acceptors (Lipinski definition) is 3. The van der Waals surface area contributed by atoms with Gasteiger partial charge in [-0.05, 0) is 12.1 Å². The highest BCUT2D eigenvalue weighted by Gasteiger charge is 2.08. The standard InChI is InChI=1S/C11H11Cl2NO2/c12-9-2-1-3-10(13)11(9)16-7-5-8(15)4-6-14/h1-3,8,15H,4-5,7H2. The second-order valence-electron chi connectivity index (χ2n) is 3.20. The zero-order valence-electron chi connectivity index (χ0n) is 8.49. The van der Waals surface area contributed by atoms with Crippen LogP contribution < -0.4 is 4.74 Å².